The van der Waals surface area contributed by atoms with Gasteiger partial charge in [-0.15, -0.1) is 11.3 Å². The summed E-state index contributed by atoms with van der Waals surface area (Å²) in [7, 11) is 0. The molecule has 4 aromatic heterocycles. The molecule has 4 heterocycles. The van der Waals surface area contributed by atoms with Gasteiger partial charge in [-0.3, -0.25) is 4.57 Å². The molecule has 0 unspecified atom stereocenters. The molecule has 0 radical (unpaired) electrons. The Kier molecular flexibility index (Phi) is 5.90. The molecular formula is C48H28N4S. The Morgan fingerprint density at radius 2 is 1.09 bits per heavy atom. The summed E-state index contributed by atoms with van der Waals surface area (Å²) in [5.41, 5.74) is 8.71. The van der Waals surface area contributed by atoms with Crippen LogP contribution in [0.1, 0.15) is 0 Å². The van der Waals surface area contributed by atoms with Crippen molar-refractivity contribution in [1.29, 1.82) is 0 Å². The first kappa shape index (κ1) is 28.8. The molecule has 0 amide bonds. The topological polar surface area (TPSA) is 35.6 Å². The third kappa shape index (κ3) is 4.05. The summed E-state index contributed by atoms with van der Waals surface area (Å²) in [5.74, 6) is 0.673. The van der Waals surface area contributed by atoms with Crippen molar-refractivity contribution < 1.29 is 0 Å². The predicted molar refractivity (Wildman–Crippen MR) is 224 cm³/mol. The van der Waals surface area contributed by atoms with Gasteiger partial charge >= 0.3 is 0 Å². The molecule has 12 aromatic rings. The van der Waals surface area contributed by atoms with Crippen LogP contribution >= 0.6 is 11.3 Å². The Balaban J connectivity index is 1.25. The molecule has 0 aliphatic carbocycles. The standard InChI is InChI=1S/C48H28N4S/c1-2-13-30(14-3-1)46-35-17-6-9-19-37(35)49-48(50-46)52-38-20-10-7-16-33(38)34-24-26-42-45(47(34)52)44-41(53-42)27-25-40-43(44)36-18-8-11-21-39(36)51(40)32-23-22-29-12-4-5-15-31(29)28-32/h1-28H. The van der Waals surface area contributed by atoms with Crippen LogP contribution in [0.5, 0.6) is 0 Å². The van der Waals surface area contributed by atoms with E-state index in [-0.39, 0.29) is 0 Å². The molecule has 12 rings (SSSR count). The normalized spacial score (nSPS) is 12.2. The smallest absolute Gasteiger partial charge is 0.235 e. The van der Waals surface area contributed by atoms with Gasteiger partial charge in [-0.2, -0.15) is 0 Å². The van der Waals surface area contributed by atoms with Crippen LogP contribution < -0.4 is 0 Å². The lowest BCUT2D eigenvalue weighted by Gasteiger charge is -2.12. The van der Waals surface area contributed by atoms with Gasteiger partial charge in [0.15, 0.2) is 0 Å². The molecule has 0 aliphatic heterocycles. The fourth-order valence-electron chi connectivity index (χ4n) is 8.64. The van der Waals surface area contributed by atoms with Crippen LogP contribution in [0.4, 0.5) is 0 Å². The molecule has 0 saturated carbocycles. The van der Waals surface area contributed by atoms with E-state index in [1.807, 2.05) is 11.3 Å². The third-order valence-corrected chi connectivity index (χ3v) is 12.0. The number of aromatic nitrogens is 4. The molecule has 0 bridgehead atoms. The van der Waals surface area contributed by atoms with Crippen LogP contribution in [-0.4, -0.2) is 19.1 Å². The van der Waals surface area contributed by atoms with Crippen molar-refractivity contribution in [3.63, 3.8) is 0 Å². The Bertz CT molecular complexity index is 3460. The van der Waals surface area contributed by atoms with E-state index in [2.05, 4.69) is 179 Å². The largest absolute Gasteiger partial charge is 0.309 e. The van der Waals surface area contributed by atoms with Gasteiger partial charge in [-0.05, 0) is 59.3 Å². The van der Waals surface area contributed by atoms with E-state index in [9.17, 15) is 0 Å². The SMILES string of the molecule is c1ccc(-c2nc(-n3c4ccccc4c4ccc5sc6ccc7c(c8ccccc8n7-c7ccc8ccccc8c7)c6c5c43)nc3ccccc23)cc1. The van der Waals surface area contributed by atoms with Crippen molar-refractivity contribution in [1.82, 2.24) is 19.1 Å². The summed E-state index contributed by atoms with van der Waals surface area (Å²) in [5, 5.41) is 10.9. The second kappa shape index (κ2) is 10.8. The van der Waals surface area contributed by atoms with Gasteiger partial charge in [-0.1, -0.05) is 121 Å². The van der Waals surface area contributed by atoms with Gasteiger partial charge in [0.05, 0.1) is 33.3 Å². The maximum atomic E-state index is 5.42. The fourth-order valence-corrected chi connectivity index (χ4v) is 9.76. The van der Waals surface area contributed by atoms with Crippen LogP contribution in [0.2, 0.25) is 0 Å². The Hall–Kier alpha value is -6.82. The van der Waals surface area contributed by atoms with E-state index in [4.69, 9.17) is 9.97 Å². The van der Waals surface area contributed by atoms with Gasteiger partial charge in [0.25, 0.3) is 0 Å². The van der Waals surface area contributed by atoms with Crippen LogP contribution in [0, 0.1) is 0 Å². The number of thiophene rings is 1. The summed E-state index contributed by atoms with van der Waals surface area (Å²) in [4.78, 5) is 10.7. The molecule has 53 heavy (non-hydrogen) atoms. The van der Waals surface area contributed by atoms with Crippen LogP contribution in [0.3, 0.4) is 0 Å². The summed E-state index contributed by atoms with van der Waals surface area (Å²) >= 11 is 1.86. The van der Waals surface area contributed by atoms with Crippen molar-refractivity contribution >= 4 is 96.8 Å². The molecule has 8 aromatic carbocycles. The highest BCUT2D eigenvalue weighted by atomic mass is 32.1. The Labute approximate surface area is 307 Å². The highest BCUT2D eigenvalue weighted by Gasteiger charge is 2.24. The molecular weight excluding hydrogens is 665 g/mol. The van der Waals surface area contributed by atoms with Gasteiger partial charge in [0, 0.05) is 58.4 Å². The monoisotopic (exact) mass is 692 g/mol. The maximum absolute atomic E-state index is 5.42. The third-order valence-electron chi connectivity index (χ3n) is 10.9. The zero-order chi connectivity index (χ0) is 34.6. The zero-order valence-corrected chi connectivity index (χ0v) is 29.2. The second-order valence-electron chi connectivity index (χ2n) is 13.8. The quantitative estimate of drug-likeness (QED) is 0.185. The molecule has 0 aliphatic rings. The number of rotatable bonds is 3. The lowest BCUT2D eigenvalue weighted by Crippen LogP contribution is -2.03. The average molecular weight is 693 g/mol. The van der Waals surface area contributed by atoms with Crippen molar-refractivity contribution in [2.45, 2.75) is 0 Å². The van der Waals surface area contributed by atoms with E-state index in [1.165, 1.54) is 63.5 Å². The second-order valence-corrected chi connectivity index (χ2v) is 14.8. The highest BCUT2D eigenvalue weighted by molar-refractivity contribution is 7.26. The number of para-hydroxylation sites is 3. The summed E-state index contributed by atoms with van der Waals surface area (Å²) < 4.78 is 7.27. The molecule has 0 fully saturated rings. The van der Waals surface area contributed by atoms with E-state index in [0.717, 1.165) is 38.9 Å². The molecule has 0 N–H and O–H groups in total. The Morgan fingerprint density at radius 1 is 0.415 bits per heavy atom. The molecule has 0 atom stereocenters. The minimum absolute atomic E-state index is 0.673. The van der Waals surface area contributed by atoms with E-state index < -0.39 is 0 Å². The van der Waals surface area contributed by atoms with Gasteiger partial charge in [0.2, 0.25) is 5.95 Å². The first-order valence-electron chi connectivity index (χ1n) is 17.9. The van der Waals surface area contributed by atoms with Gasteiger partial charge in [0.1, 0.15) is 0 Å². The number of hydrogen-bond donors (Lipinski definition) is 0. The number of hydrogen-bond acceptors (Lipinski definition) is 3. The van der Waals surface area contributed by atoms with Crippen molar-refractivity contribution in [3.8, 4) is 22.9 Å². The molecule has 5 heteroatoms. The van der Waals surface area contributed by atoms with Gasteiger partial charge in [-0.25, -0.2) is 9.97 Å². The van der Waals surface area contributed by atoms with Crippen molar-refractivity contribution in [2.24, 2.45) is 0 Å². The van der Waals surface area contributed by atoms with Crippen LogP contribution in [-0.2, 0) is 0 Å². The zero-order valence-electron chi connectivity index (χ0n) is 28.4. The predicted octanol–water partition coefficient (Wildman–Crippen LogP) is 13.0. The van der Waals surface area contributed by atoms with Gasteiger partial charge < -0.3 is 4.57 Å². The Morgan fingerprint density at radius 3 is 1.96 bits per heavy atom. The lowest BCUT2D eigenvalue weighted by atomic mass is 10.0. The fraction of sp³-hybridized carbons (Fsp3) is 0. The number of nitrogens with zero attached hydrogens (tertiary/aromatic N) is 4. The van der Waals surface area contributed by atoms with Crippen LogP contribution in [0.15, 0.2) is 170 Å². The summed E-state index contributed by atoms with van der Waals surface area (Å²) in [6.07, 6.45) is 0. The van der Waals surface area contributed by atoms with E-state index >= 15 is 0 Å². The van der Waals surface area contributed by atoms with Crippen molar-refractivity contribution in [2.75, 3.05) is 0 Å². The van der Waals surface area contributed by atoms with E-state index in [0.29, 0.717) is 5.95 Å². The minimum atomic E-state index is 0.673. The number of benzene rings is 8. The first-order valence-corrected chi connectivity index (χ1v) is 18.7. The molecule has 246 valence electrons. The molecule has 0 spiro atoms. The highest BCUT2D eigenvalue weighted by Crippen LogP contribution is 2.48. The summed E-state index contributed by atoms with van der Waals surface area (Å²) in [6, 6.07) is 61.0. The lowest BCUT2D eigenvalue weighted by molar-refractivity contribution is 1.02. The number of fused-ring (bicyclic) bond motifs is 13. The van der Waals surface area contributed by atoms with Crippen LogP contribution in [0.25, 0.3) is 108 Å². The first-order chi connectivity index (χ1) is 26.3. The molecule has 4 nitrogen and oxygen atoms in total. The van der Waals surface area contributed by atoms with Crippen molar-refractivity contribution in [3.05, 3.63) is 170 Å². The maximum Gasteiger partial charge on any atom is 0.235 e. The average Bonchev–Trinajstić information content (AvgIpc) is 3.88. The minimum Gasteiger partial charge on any atom is -0.309 e. The summed E-state index contributed by atoms with van der Waals surface area (Å²) in [6.45, 7) is 0. The molecule has 0 saturated heterocycles. The van der Waals surface area contributed by atoms with E-state index in [1.54, 1.807) is 0 Å².